The van der Waals surface area contributed by atoms with Gasteiger partial charge in [-0.3, -0.25) is 9.89 Å². The van der Waals surface area contributed by atoms with Gasteiger partial charge in [0, 0.05) is 31.0 Å². The van der Waals surface area contributed by atoms with Crippen molar-refractivity contribution in [2.24, 2.45) is 0 Å². The Balaban J connectivity index is 1.54. The normalized spacial score (nSPS) is 10.6. The van der Waals surface area contributed by atoms with Crippen molar-refractivity contribution in [1.82, 2.24) is 15.2 Å². The number of hydrogen-bond acceptors (Lipinski definition) is 5. The van der Waals surface area contributed by atoms with E-state index in [1.165, 1.54) is 17.3 Å². The summed E-state index contributed by atoms with van der Waals surface area (Å²) in [5.41, 5.74) is 4.02. The molecule has 0 aliphatic rings. The predicted octanol–water partition coefficient (Wildman–Crippen LogP) is 3.58. The molecule has 0 atom stereocenters. The Hall–Kier alpha value is -2.80. The van der Waals surface area contributed by atoms with E-state index in [0.717, 1.165) is 16.9 Å². The molecule has 0 fully saturated rings. The molecule has 3 aromatic rings. The van der Waals surface area contributed by atoms with Crippen molar-refractivity contribution in [3.63, 3.8) is 0 Å². The fraction of sp³-hybridized carbons (Fsp3) is 0.211. The largest absolute Gasteiger partial charge is 0.378 e. The van der Waals surface area contributed by atoms with Crippen LogP contribution in [0.2, 0.25) is 0 Å². The van der Waals surface area contributed by atoms with Gasteiger partial charge in [-0.25, -0.2) is 4.98 Å². The first kappa shape index (κ1) is 18.0. The van der Waals surface area contributed by atoms with E-state index in [1.807, 2.05) is 74.4 Å². The van der Waals surface area contributed by atoms with Crippen LogP contribution in [-0.2, 0) is 4.79 Å². The van der Waals surface area contributed by atoms with Crippen LogP contribution in [0.25, 0.3) is 11.4 Å². The fourth-order valence-corrected chi connectivity index (χ4v) is 2.92. The highest BCUT2D eigenvalue weighted by atomic mass is 32.2. The summed E-state index contributed by atoms with van der Waals surface area (Å²) >= 11 is 1.30. The Morgan fingerprint density at radius 2 is 1.81 bits per heavy atom. The number of amides is 1. The van der Waals surface area contributed by atoms with Crippen LogP contribution in [0.1, 0.15) is 5.56 Å². The molecule has 3 rings (SSSR count). The maximum absolute atomic E-state index is 12.1. The molecule has 2 N–H and O–H groups in total. The Morgan fingerprint density at radius 3 is 2.46 bits per heavy atom. The predicted molar refractivity (Wildman–Crippen MR) is 107 cm³/mol. The molecule has 7 heteroatoms. The summed E-state index contributed by atoms with van der Waals surface area (Å²) in [5.74, 6) is 0.863. The lowest BCUT2D eigenvalue weighted by Crippen LogP contribution is -2.14. The number of aromatic nitrogens is 3. The number of carbonyl (C=O) groups is 1. The van der Waals surface area contributed by atoms with Gasteiger partial charge in [0.15, 0.2) is 5.82 Å². The van der Waals surface area contributed by atoms with Gasteiger partial charge in [-0.15, -0.1) is 5.10 Å². The number of benzene rings is 2. The Labute approximate surface area is 157 Å². The smallest absolute Gasteiger partial charge is 0.234 e. The third kappa shape index (κ3) is 4.64. The van der Waals surface area contributed by atoms with E-state index in [4.69, 9.17) is 0 Å². The minimum atomic E-state index is -0.0886. The van der Waals surface area contributed by atoms with E-state index in [1.54, 1.807) is 0 Å². The van der Waals surface area contributed by atoms with Crippen LogP contribution in [-0.4, -0.2) is 40.9 Å². The lowest BCUT2D eigenvalue weighted by molar-refractivity contribution is -0.113. The molecule has 26 heavy (non-hydrogen) atoms. The average molecular weight is 367 g/mol. The van der Waals surface area contributed by atoms with Crippen molar-refractivity contribution in [3.05, 3.63) is 54.1 Å². The molecule has 0 radical (unpaired) electrons. The summed E-state index contributed by atoms with van der Waals surface area (Å²) < 4.78 is 0. The molecule has 0 saturated heterocycles. The number of nitrogens with zero attached hydrogens (tertiary/aromatic N) is 3. The highest BCUT2D eigenvalue weighted by molar-refractivity contribution is 7.99. The number of thioether (sulfide) groups is 1. The molecular formula is C19H21N5OS. The van der Waals surface area contributed by atoms with Gasteiger partial charge in [0.05, 0.1) is 5.75 Å². The van der Waals surface area contributed by atoms with Crippen LogP contribution < -0.4 is 10.2 Å². The van der Waals surface area contributed by atoms with E-state index in [9.17, 15) is 4.79 Å². The van der Waals surface area contributed by atoms with Gasteiger partial charge in [-0.05, 0) is 31.2 Å². The van der Waals surface area contributed by atoms with E-state index in [-0.39, 0.29) is 11.7 Å². The number of aromatic amines is 1. The van der Waals surface area contributed by atoms with E-state index < -0.39 is 0 Å². The average Bonchev–Trinajstić information content (AvgIpc) is 3.10. The minimum Gasteiger partial charge on any atom is -0.378 e. The topological polar surface area (TPSA) is 73.9 Å². The summed E-state index contributed by atoms with van der Waals surface area (Å²) in [5, 5.41) is 10.5. The quantitative estimate of drug-likeness (QED) is 0.652. The maximum Gasteiger partial charge on any atom is 0.234 e. The maximum atomic E-state index is 12.1. The summed E-state index contributed by atoms with van der Waals surface area (Å²) in [6, 6.07) is 15.8. The van der Waals surface area contributed by atoms with Gasteiger partial charge >= 0.3 is 0 Å². The minimum absolute atomic E-state index is 0.0886. The van der Waals surface area contributed by atoms with E-state index >= 15 is 0 Å². The van der Waals surface area contributed by atoms with Crippen molar-refractivity contribution in [3.8, 4) is 11.4 Å². The SMILES string of the molecule is Cc1ccc(-c2nc(SCC(=O)Nc3ccc(N(C)C)cc3)n[nH]2)cc1. The zero-order chi connectivity index (χ0) is 18.5. The molecule has 1 heterocycles. The van der Waals surface area contributed by atoms with Crippen LogP contribution in [0.5, 0.6) is 0 Å². The van der Waals surface area contributed by atoms with E-state index in [2.05, 4.69) is 20.5 Å². The lowest BCUT2D eigenvalue weighted by atomic mass is 10.1. The number of hydrogen-bond donors (Lipinski definition) is 2. The third-order valence-corrected chi connectivity index (χ3v) is 4.64. The summed E-state index contributed by atoms with van der Waals surface area (Å²) in [6.07, 6.45) is 0. The highest BCUT2D eigenvalue weighted by Gasteiger charge is 2.09. The Morgan fingerprint density at radius 1 is 1.12 bits per heavy atom. The standard InChI is InChI=1S/C19H21N5OS/c1-13-4-6-14(7-5-13)18-21-19(23-22-18)26-12-17(25)20-15-8-10-16(11-9-15)24(2)3/h4-11H,12H2,1-3H3,(H,20,25)(H,21,22,23). The molecule has 6 nitrogen and oxygen atoms in total. The third-order valence-electron chi connectivity index (χ3n) is 3.79. The summed E-state index contributed by atoms with van der Waals surface area (Å²) in [4.78, 5) is 18.6. The van der Waals surface area contributed by atoms with Crippen molar-refractivity contribution < 1.29 is 4.79 Å². The number of carbonyl (C=O) groups excluding carboxylic acids is 1. The summed E-state index contributed by atoms with van der Waals surface area (Å²) in [6.45, 7) is 2.04. The van der Waals surface area contributed by atoms with Crippen LogP contribution in [0.15, 0.2) is 53.7 Å². The number of H-pyrrole nitrogens is 1. The van der Waals surface area contributed by atoms with Crippen LogP contribution in [0, 0.1) is 6.92 Å². The van der Waals surface area contributed by atoms with Crippen molar-refractivity contribution in [1.29, 1.82) is 0 Å². The number of rotatable bonds is 6. The zero-order valence-electron chi connectivity index (χ0n) is 15.0. The molecule has 0 unspecified atom stereocenters. The molecule has 0 spiro atoms. The van der Waals surface area contributed by atoms with Crippen molar-refractivity contribution >= 4 is 29.0 Å². The van der Waals surface area contributed by atoms with Crippen LogP contribution in [0.4, 0.5) is 11.4 Å². The highest BCUT2D eigenvalue weighted by Crippen LogP contribution is 2.20. The first-order chi connectivity index (χ1) is 12.5. The van der Waals surface area contributed by atoms with Gasteiger partial charge in [-0.2, -0.15) is 0 Å². The first-order valence-electron chi connectivity index (χ1n) is 8.21. The molecule has 0 aliphatic carbocycles. The number of aryl methyl sites for hydroxylation is 1. The molecular weight excluding hydrogens is 346 g/mol. The molecule has 0 aliphatic heterocycles. The number of anilines is 2. The molecule has 134 valence electrons. The van der Waals surface area contributed by atoms with Gasteiger partial charge in [-0.1, -0.05) is 41.6 Å². The molecule has 2 aromatic carbocycles. The molecule has 1 amide bonds. The first-order valence-corrected chi connectivity index (χ1v) is 9.19. The van der Waals surface area contributed by atoms with Gasteiger partial charge in [0.2, 0.25) is 11.1 Å². The van der Waals surface area contributed by atoms with Gasteiger partial charge in [0.25, 0.3) is 0 Å². The molecule has 1 aromatic heterocycles. The van der Waals surface area contributed by atoms with Gasteiger partial charge < -0.3 is 10.2 Å². The van der Waals surface area contributed by atoms with E-state index in [0.29, 0.717) is 11.0 Å². The van der Waals surface area contributed by atoms with Crippen LogP contribution in [0.3, 0.4) is 0 Å². The summed E-state index contributed by atoms with van der Waals surface area (Å²) in [7, 11) is 3.96. The van der Waals surface area contributed by atoms with Gasteiger partial charge in [0.1, 0.15) is 0 Å². The second-order valence-corrected chi connectivity index (χ2v) is 7.05. The molecule has 0 bridgehead atoms. The monoisotopic (exact) mass is 367 g/mol. The zero-order valence-corrected chi connectivity index (χ0v) is 15.8. The Bertz CT molecular complexity index is 872. The lowest BCUT2D eigenvalue weighted by Gasteiger charge is -2.12. The van der Waals surface area contributed by atoms with Crippen molar-refractivity contribution in [2.75, 3.05) is 30.1 Å². The van der Waals surface area contributed by atoms with Crippen molar-refractivity contribution in [2.45, 2.75) is 12.1 Å². The Kier molecular flexibility index (Phi) is 5.58. The second kappa shape index (κ2) is 8.05. The van der Waals surface area contributed by atoms with Crippen LogP contribution >= 0.6 is 11.8 Å². The fourth-order valence-electron chi connectivity index (χ4n) is 2.32. The second-order valence-electron chi connectivity index (χ2n) is 6.11. The number of nitrogens with one attached hydrogen (secondary N) is 2. The molecule has 0 saturated carbocycles.